The lowest BCUT2D eigenvalue weighted by Crippen LogP contribution is -2.51. The Balaban J connectivity index is 1.79. The van der Waals surface area contributed by atoms with Crippen LogP contribution in [0, 0.1) is 40.9 Å². The molecule has 0 amide bonds. The van der Waals surface area contributed by atoms with Gasteiger partial charge in [0.15, 0.2) is 5.78 Å². The van der Waals surface area contributed by atoms with E-state index in [0.717, 1.165) is 32.1 Å². The molecule has 4 rings (SSSR count). The number of carbonyl (C=O) groups excluding carboxylic acids is 1. The van der Waals surface area contributed by atoms with Crippen LogP contribution in [0.15, 0.2) is 23.3 Å². The first-order valence-corrected chi connectivity index (χ1v) is 9.41. The van der Waals surface area contributed by atoms with Crippen LogP contribution in [0.5, 0.6) is 0 Å². The molecule has 1 unspecified atom stereocenters. The summed E-state index contributed by atoms with van der Waals surface area (Å²) >= 11 is 0. The Morgan fingerprint density at radius 2 is 2.08 bits per heavy atom. The number of hydrogen-bond donors (Lipinski definition) is 1. The number of ketones is 1. The lowest BCUT2D eigenvalue weighted by atomic mass is 9.51. The van der Waals surface area contributed by atoms with E-state index >= 15 is 0 Å². The molecule has 128 valence electrons. The van der Waals surface area contributed by atoms with Crippen LogP contribution in [0.4, 0.5) is 0 Å². The number of fused-ring (bicyclic) bond motifs is 5. The van der Waals surface area contributed by atoms with Crippen molar-refractivity contribution in [1.82, 2.24) is 0 Å². The normalized spacial score (nSPS) is 50.1. The minimum absolute atomic E-state index is 0.0538. The van der Waals surface area contributed by atoms with Crippen LogP contribution in [0.3, 0.4) is 0 Å². The van der Waals surface area contributed by atoms with Crippen LogP contribution < -0.4 is 0 Å². The first kappa shape index (κ1) is 16.2. The molecule has 2 nitrogen and oxygen atoms in total. The molecule has 0 spiro atoms. The van der Waals surface area contributed by atoms with Crippen molar-refractivity contribution in [2.45, 2.75) is 64.9 Å². The number of aliphatic hydroxyl groups is 1. The number of rotatable bonds is 0. The molecule has 1 N–H and O–H groups in total. The van der Waals surface area contributed by atoms with E-state index in [2.05, 4.69) is 32.8 Å². The third-order valence-corrected chi connectivity index (χ3v) is 8.14. The largest absolute Gasteiger partial charge is 0.377 e. The first-order chi connectivity index (χ1) is 11.3. The Hall–Kier alpha value is -1.33. The topological polar surface area (TPSA) is 37.3 Å². The second-order valence-electron chi connectivity index (χ2n) is 9.05. The summed E-state index contributed by atoms with van der Waals surface area (Å²) in [6, 6.07) is 0. The maximum atomic E-state index is 11.9. The first-order valence-electron chi connectivity index (χ1n) is 9.41. The van der Waals surface area contributed by atoms with Crippen LogP contribution in [-0.2, 0) is 4.79 Å². The van der Waals surface area contributed by atoms with E-state index < -0.39 is 5.60 Å². The van der Waals surface area contributed by atoms with Crippen molar-refractivity contribution in [1.29, 1.82) is 0 Å². The summed E-state index contributed by atoms with van der Waals surface area (Å²) in [5.41, 5.74) is 1.70. The van der Waals surface area contributed by atoms with Crippen molar-refractivity contribution in [2.75, 3.05) is 0 Å². The fraction of sp³-hybridized carbons (Fsp3) is 0.682. The van der Waals surface area contributed by atoms with E-state index in [0.29, 0.717) is 24.0 Å². The van der Waals surface area contributed by atoms with E-state index in [9.17, 15) is 9.90 Å². The van der Waals surface area contributed by atoms with Gasteiger partial charge in [-0.15, -0.1) is 6.42 Å². The molecular formula is C22H28O2. The molecule has 4 aliphatic carbocycles. The molecule has 0 heterocycles. The van der Waals surface area contributed by atoms with Gasteiger partial charge in [-0.3, -0.25) is 4.79 Å². The Morgan fingerprint density at radius 3 is 2.79 bits per heavy atom. The molecule has 24 heavy (non-hydrogen) atoms. The molecule has 0 radical (unpaired) electrons. The smallest absolute Gasteiger partial charge is 0.155 e. The average molecular weight is 324 g/mol. The Kier molecular flexibility index (Phi) is 3.27. The summed E-state index contributed by atoms with van der Waals surface area (Å²) in [6.07, 6.45) is 15.7. The zero-order chi connectivity index (χ0) is 17.3. The maximum absolute atomic E-state index is 11.9. The summed E-state index contributed by atoms with van der Waals surface area (Å²) in [5.74, 6) is 4.15. The SMILES string of the molecule is C#C[C@@]1(O)C(C)C[C@H]2[C@@H]3CCC4=CC(=O)CC[C@]4(C)C3=CC[C@@]21C. The van der Waals surface area contributed by atoms with Gasteiger partial charge in [0, 0.05) is 17.3 Å². The Bertz CT molecular complexity index is 708. The second kappa shape index (κ2) is 4.85. The van der Waals surface area contributed by atoms with Crippen molar-refractivity contribution in [3.8, 4) is 12.3 Å². The van der Waals surface area contributed by atoms with Crippen LogP contribution in [0.2, 0.25) is 0 Å². The van der Waals surface area contributed by atoms with Gasteiger partial charge in [-0.1, -0.05) is 43.9 Å². The minimum Gasteiger partial charge on any atom is -0.377 e. The molecule has 2 saturated carbocycles. The van der Waals surface area contributed by atoms with E-state index in [1.807, 2.05) is 6.08 Å². The predicted molar refractivity (Wildman–Crippen MR) is 95.0 cm³/mol. The Morgan fingerprint density at radius 1 is 1.33 bits per heavy atom. The highest BCUT2D eigenvalue weighted by atomic mass is 16.3. The van der Waals surface area contributed by atoms with Gasteiger partial charge >= 0.3 is 0 Å². The van der Waals surface area contributed by atoms with Gasteiger partial charge in [0.05, 0.1) is 0 Å². The van der Waals surface area contributed by atoms with Crippen LogP contribution >= 0.6 is 0 Å². The fourth-order valence-corrected chi connectivity index (χ4v) is 6.51. The summed E-state index contributed by atoms with van der Waals surface area (Å²) in [4.78, 5) is 11.9. The predicted octanol–water partition coefficient (Wildman–Crippen LogP) is 4.05. The third kappa shape index (κ3) is 1.75. The number of carbonyl (C=O) groups is 1. The summed E-state index contributed by atoms with van der Waals surface area (Å²) in [7, 11) is 0. The van der Waals surface area contributed by atoms with E-state index in [1.54, 1.807) is 0 Å². The molecule has 6 atom stereocenters. The van der Waals surface area contributed by atoms with Gasteiger partial charge in [-0.2, -0.15) is 0 Å². The molecule has 4 aliphatic rings. The highest BCUT2D eigenvalue weighted by Crippen LogP contribution is 2.66. The lowest BCUT2D eigenvalue weighted by Gasteiger charge is -2.54. The van der Waals surface area contributed by atoms with Gasteiger partial charge < -0.3 is 5.11 Å². The number of hydrogen-bond acceptors (Lipinski definition) is 2. The Labute approximate surface area is 145 Å². The maximum Gasteiger partial charge on any atom is 0.155 e. The van der Waals surface area contributed by atoms with Gasteiger partial charge in [-0.05, 0) is 55.9 Å². The zero-order valence-electron chi connectivity index (χ0n) is 15.1. The minimum atomic E-state index is -1.00. The van der Waals surface area contributed by atoms with Gasteiger partial charge in [0.1, 0.15) is 5.60 Å². The molecule has 0 aromatic heterocycles. The number of allylic oxidation sites excluding steroid dienone is 4. The summed E-state index contributed by atoms with van der Waals surface area (Å²) in [6.45, 7) is 6.64. The van der Waals surface area contributed by atoms with Gasteiger partial charge in [0.25, 0.3) is 0 Å². The molecule has 2 heteroatoms. The molecule has 2 fully saturated rings. The quantitative estimate of drug-likeness (QED) is 0.539. The van der Waals surface area contributed by atoms with E-state index in [-0.39, 0.29) is 16.7 Å². The van der Waals surface area contributed by atoms with Crippen LogP contribution in [0.25, 0.3) is 0 Å². The van der Waals surface area contributed by atoms with E-state index in [4.69, 9.17) is 6.42 Å². The third-order valence-electron chi connectivity index (χ3n) is 8.14. The highest BCUT2D eigenvalue weighted by Gasteiger charge is 2.64. The molecule has 0 aliphatic heterocycles. The zero-order valence-corrected chi connectivity index (χ0v) is 15.1. The number of terminal acetylenes is 1. The molecule has 0 aromatic carbocycles. The van der Waals surface area contributed by atoms with Crippen molar-refractivity contribution >= 4 is 5.78 Å². The second-order valence-corrected chi connectivity index (χ2v) is 9.05. The lowest BCUT2D eigenvalue weighted by molar-refractivity contribution is -0.115. The highest BCUT2D eigenvalue weighted by molar-refractivity contribution is 5.92. The molecule has 0 bridgehead atoms. The van der Waals surface area contributed by atoms with Crippen LogP contribution in [0.1, 0.15) is 59.3 Å². The molecular weight excluding hydrogens is 296 g/mol. The van der Waals surface area contributed by atoms with Gasteiger partial charge in [-0.25, -0.2) is 0 Å². The van der Waals surface area contributed by atoms with Crippen molar-refractivity contribution < 1.29 is 9.90 Å². The molecule has 0 saturated heterocycles. The summed E-state index contributed by atoms with van der Waals surface area (Å²) < 4.78 is 0. The standard InChI is InChI=1S/C22H28O2/c1-5-22(24)14(2)12-19-17-7-6-15-13-16(23)8-10-20(15,3)18(17)9-11-21(19,22)4/h1,9,13-14,17,19,24H,6-8,10-12H2,2-4H3/t14?,17-,19+,20+,21+,22-/m1/s1. The summed E-state index contributed by atoms with van der Waals surface area (Å²) in [5, 5.41) is 11.2. The monoisotopic (exact) mass is 324 g/mol. The van der Waals surface area contributed by atoms with Crippen molar-refractivity contribution in [2.24, 2.45) is 28.6 Å². The molecule has 0 aromatic rings. The van der Waals surface area contributed by atoms with Crippen molar-refractivity contribution in [3.63, 3.8) is 0 Å². The average Bonchev–Trinajstić information content (AvgIpc) is 2.76. The fourth-order valence-electron chi connectivity index (χ4n) is 6.51. The van der Waals surface area contributed by atoms with E-state index in [1.165, 1.54) is 11.1 Å². The van der Waals surface area contributed by atoms with Crippen LogP contribution in [-0.4, -0.2) is 16.5 Å². The van der Waals surface area contributed by atoms with Crippen molar-refractivity contribution in [3.05, 3.63) is 23.3 Å². The van der Waals surface area contributed by atoms with Gasteiger partial charge in [0.2, 0.25) is 0 Å².